The topological polar surface area (TPSA) is 62.6 Å². The molecule has 0 radical (unpaired) electrons. The Morgan fingerprint density at radius 3 is 2.67 bits per heavy atom. The Labute approximate surface area is 193 Å². The van der Waals surface area contributed by atoms with Crippen molar-refractivity contribution in [3.63, 3.8) is 0 Å². The summed E-state index contributed by atoms with van der Waals surface area (Å²) in [5.74, 6) is 1.52. The standard InChI is InChI=1S/C26H31FN6/c1-16(2)25-21-12-19(18-7-9-33(10-8-18)14-24-31-29-15-32(24)4)5-6-23(21)30-26(25)20-11-17(3)28-13-22(20)27/h5-6,11-13,15-16,18,30H,7-10,14H2,1-4H3. The number of likely N-dealkylation sites (tertiary alicyclic amines) is 1. The quantitative estimate of drug-likeness (QED) is 0.451. The third-order valence-electron chi connectivity index (χ3n) is 6.93. The summed E-state index contributed by atoms with van der Waals surface area (Å²) in [6, 6.07) is 8.57. The van der Waals surface area contributed by atoms with Crippen LogP contribution in [-0.2, 0) is 13.6 Å². The number of aromatic nitrogens is 5. The fourth-order valence-electron chi connectivity index (χ4n) is 5.11. The van der Waals surface area contributed by atoms with Crippen molar-refractivity contribution < 1.29 is 4.39 Å². The van der Waals surface area contributed by atoms with Crippen molar-refractivity contribution in [2.75, 3.05) is 13.1 Å². The van der Waals surface area contributed by atoms with E-state index in [4.69, 9.17) is 0 Å². The second-order valence-corrected chi connectivity index (χ2v) is 9.59. The highest BCUT2D eigenvalue weighted by atomic mass is 19.1. The zero-order valence-corrected chi connectivity index (χ0v) is 19.8. The molecule has 1 saturated heterocycles. The van der Waals surface area contributed by atoms with Gasteiger partial charge >= 0.3 is 0 Å². The van der Waals surface area contributed by atoms with Crippen molar-refractivity contribution >= 4 is 10.9 Å². The molecule has 5 rings (SSSR count). The number of nitrogens with one attached hydrogen (secondary N) is 1. The molecule has 0 unspecified atom stereocenters. The van der Waals surface area contributed by atoms with Crippen LogP contribution in [0.4, 0.5) is 4.39 Å². The van der Waals surface area contributed by atoms with Crippen molar-refractivity contribution in [1.29, 1.82) is 0 Å². The molecule has 0 saturated carbocycles. The van der Waals surface area contributed by atoms with Crippen molar-refractivity contribution in [2.24, 2.45) is 7.05 Å². The van der Waals surface area contributed by atoms with Crippen LogP contribution in [0.2, 0.25) is 0 Å². The maximum Gasteiger partial charge on any atom is 0.150 e. The predicted molar refractivity (Wildman–Crippen MR) is 129 cm³/mol. The summed E-state index contributed by atoms with van der Waals surface area (Å²) in [5.41, 5.74) is 5.90. The van der Waals surface area contributed by atoms with E-state index in [2.05, 4.69) is 57.1 Å². The predicted octanol–water partition coefficient (Wildman–Crippen LogP) is 5.31. The Hall–Kier alpha value is -3.06. The first-order valence-electron chi connectivity index (χ1n) is 11.7. The number of fused-ring (bicyclic) bond motifs is 1. The molecule has 172 valence electrons. The third kappa shape index (κ3) is 4.17. The van der Waals surface area contributed by atoms with Crippen molar-refractivity contribution in [2.45, 2.75) is 52.0 Å². The third-order valence-corrected chi connectivity index (χ3v) is 6.93. The molecule has 7 heteroatoms. The zero-order chi connectivity index (χ0) is 23.1. The lowest BCUT2D eigenvalue weighted by atomic mass is 9.87. The maximum absolute atomic E-state index is 14.7. The molecule has 6 nitrogen and oxygen atoms in total. The Bertz CT molecular complexity index is 1280. The number of aromatic amines is 1. The first-order valence-corrected chi connectivity index (χ1v) is 11.7. The van der Waals surface area contributed by atoms with Crippen LogP contribution in [0.15, 0.2) is 36.8 Å². The van der Waals surface area contributed by atoms with Crippen LogP contribution in [0.5, 0.6) is 0 Å². The largest absolute Gasteiger partial charge is 0.354 e. The van der Waals surface area contributed by atoms with E-state index in [1.807, 2.05) is 24.6 Å². The average molecular weight is 447 g/mol. The van der Waals surface area contributed by atoms with Crippen molar-refractivity contribution in [1.82, 2.24) is 29.6 Å². The van der Waals surface area contributed by atoms with Crippen LogP contribution in [0.3, 0.4) is 0 Å². The monoisotopic (exact) mass is 446 g/mol. The lowest BCUT2D eigenvalue weighted by Gasteiger charge is -2.31. The molecule has 3 aromatic heterocycles. The minimum Gasteiger partial charge on any atom is -0.354 e. The number of piperidine rings is 1. The molecule has 0 atom stereocenters. The number of nitrogens with zero attached hydrogens (tertiary/aromatic N) is 5. The fraction of sp³-hybridized carbons (Fsp3) is 0.423. The van der Waals surface area contributed by atoms with Gasteiger partial charge in [-0.05, 0) is 74.0 Å². The normalized spacial score (nSPS) is 15.7. The van der Waals surface area contributed by atoms with Gasteiger partial charge in [0.15, 0.2) is 5.82 Å². The van der Waals surface area contributed by atoms with Crippen LogP contribution < -0.4 is 0 Å². The van der Waals surface area contributed by atoms with Gasteiger partial charge in [-0.2, -0.15) is 0 Å². The van der Waals surface area contributed by atoms with Crippen LogP contribution >= 0.6 is 0 Å². The number of hydrogen-bond donors (Lipinski definition) is 1. The Morgan fingerprint density at radius 2 is 1.97 bits per heavy atom. The zero-order valence-electron chi connectivity index (χ0n) is 19.8. The highest BCUT2D eigenvalue weighted by Gasteiger charge is 2.24. The molecule has 1 aromatic carbocycles. The minimum absolute atomic E-state index is 0.269. The van der Waals surface area contributed by atoms with E-state index in [1.54, 1.807) is 6.33 Å². The van der Waals surface area contributed by atoms with E-state index in [-0.39, 0.29) is 11.7 Å². The van der Waals surface area contributed by atoms with Crippen molar-refractivity contribution in [3.05, 3.63) is 65.3 Å². The molecule has 0 aliphatic carbocycles. The maximum atomic E-state index is 14.7. The molecule has 4 aromatic rings. The summed E-state index contributed by atoms with van der Waals surface area (Å²) in [7, 11) is 1.99. The van der Waals surface area contributed by atoms with Crippen LogP contribution in [0.25, 0.3) is 22.2 Å². The number of halogens is 1. The molecule has 0 amide bonds. The van der Waals surface area contributed by atoms with Crippen LogP contribution in [0, 0.1) is 12.7 Å². The SMILES string of the molecule is Cc1cc(-c2[nH]c3ccc(C4CCN(Cc5nncn5C)CC4)cc3c2C(C)C)c(F)cn1. The molecular formula is C26H31FN6. The van der Waals surface area contributed by atoms with Gasteiger partial charge in [0, 0.05) is 29.2 Å². The summed E-state index contributed by atoms with van der Waals surface area (Å²) < 4.78 is 16.7. The molecule has 1 aliphatic rings. The van der Waals surface area contributed by atoms with E-state index in [1.165, 1.54) is 22.7 Å². The van der Waals surface area contributed by atoms with Gasteiger partial charge in [0.05, 0.1) is 18.4 Å². The molecule has 0 spiro atoms. The summed E-state index contributed by atoms with van der Waals surface area (Å²) in [4.78, 5) is 10.1. The first-order chi connectivity index (χ1) is 15.9. The smallest absolute Gasteiger partial charge is 0.150 e. The molecule has 0 bridgehead atoms. The number of H-pyrrole nitrogens is 1. The number of rotatable bonds is 5. The minimum atomic E-state index is -0.287. The van der Waals surface area contributed by atoms with Gasteiger partial charge in [-0.1, -0.05) is 19.9 Å². The summed E-state index contributed by atoms with van der Waals surface area (Å²) >= 11 is 0. The Morgan fingerprint density at radius 1 is 1.18 bits per heavy atom. The van der Waals surface area contributed by atoms with Gasteiger partial charge in [0.25, 0.3) is 0 Å². The van der Waals surface area contributed by atoms with Gasteiger partial charge in [-0.3, -0.25) is 9.88 Å². The molecular weight excluding hydrogens is 415 g/mol. The molecule has 33 heavy (non-hydrogen) atoms. The fourth-order valence-corrected chi connectivity index (χ4v) is 5.11. The molecule has 1 N–H and O–H groups in total. The molecule has 4 heterocycles. The van der Waals surface area contributed by atoms with Gasteiger partial charge in [-0.25, -0.2) is 4.39 Å². The highest BCUT2D eigenvalue weighted by molar-refractivity contribution is 5.92. The first kappa shape index (κ1) is 21.8. The van der Waals surface area contributed by atoms with Gasteiger partial charge in [0.2, 0.25) is 0 Å². The van der Waals surface area contributed by atoms with E-state index >= 15 is 0 Å². The van der Waals surface area contributed by atoms with E-state index in [0.29, 0.717) is 11.5 Å². The van der Waals surface area contributed by atoms with E-state index in [0.717, 1.165) is 55.2 Å². The van der Waals surface area contributed by atoms with E-state index < -0.39 is 0 Å². The number of pyridine rings is 1. The van der Waals surface area contributed by atoms with Gasteiger partial charge in [0.1, 0.15) is 12.2 Å². The van der Waals surface area contributed by atoms with Crippen molar-refractivity contribution in [3.8, 4) is 11.3 Å². The summed E-state index contributed by atoms with van der Waals surface area (Å²) in [6.45, 7) is 9.19. The Kier molecular flexibility index (Phi) is 5.74. The second-order valence-electron chi connectivity index (χ2n) is 9.59. The Balaban J connectivity index is 1.42. The lowest BCUT2D eigenvalue weighted by molar-refractivity contribution is 0.198. The lowest BCUT2D eigenvalue weighted by Crippen LogP contribution is -2.33. The highest BCUT2D eigenvalue weighted by Crippen LogP contribution is 2.39. The van der Waals surface area contributed by atoms with E-state index in [9.17, 15) is 4.39 Å². The summed E-state index contributed by atoms with van der Waals surface area (Å²) in [5, 5.41) is 9.42. The van der Waals surface area contributed by atoms with Gasteiger partial charge < -0.3 is 9.55 Å². The number of benzene rings is 1. The molecule has 1 aliphatic heterocycles. The average Bonchev–Trinajstić information content (AvgIpc) is 3.38. The van der Waals surface area contributed by atoms with Crippen LogP contribution in [-0.4, -0.2) is 42.7 Å². The second kappa shape index (κ2) is 8.71. The van der Waals surface area contributed by atoms with Crippen LogP contribution in [0.1, 0.15) is 61.2 Å². The van der Waals surface area contributed by atoms with Gasteiger partial charge in [-0.15, -0.1) is 10.2 Å². The number of aryl methyl sites for hydroxylation is 2. The molecule has 1 fully saturated rings. The summed E-state index contributed by atoms with van der Waals surface area (Å²) in [6.07, 6.45) is 5.32. The number of hydrogen-bond acceptors (Lipinski definition) is 4.